The highest BCUT2D eigenvalue weighted by molar-refractivity contribution is 7.97. The Hall–Kier alpha value is -0.840. The van der Waals surface area contributed by atoms with E-state index in [1.54, 1.807) is 6.07 Å². The summed E-state index contributed by atoms with van der Waals surface area (Å²) in [6.07, 6.45) is -2.52. The molecule has 1 aromatic carbocycles. The Balaban J connectivity index is 3.13. The number of methoxy groups -OCH3 is 1. The molecule has 0 unspecified atom stereocenters. The first-order valence-electron chi connectivity index (χ1n) is 4.22. The van der Waals surface area contributed by atoms with E-state index in [1.165, 1.54) is 24.9 Å². The van der Waals surface area contributed by atoms with Crippen LogP contribution in [0.5, 0.6) is 5.75 Å². The Morgan fingerprint density at radius 1 is 1.33 bits per heavy atom. The van der Waals surface area contributed by atoms with Gasteiger partial charge in [0, 0.05) is 5.75 Å². The fourth-order valence-corrected chi connectivity index (χ4v) is 1.75. The van der Waals surface area contributed by atoms with Crippen molar-refractivity contribution in [2.75, 3.05) is 13.4 Å². The van der Waals surface area contributed by atoms with Crippen molar-refractivity contribution < 1.29 is 17.9 Å². The molecule has 84 valence electrons. The maximum absolute atomic E-state index is 12.6. The zero-order chi connectivity index (χ0) is 11.5. The number of hydrogen-bond acceptors (Lipinski definition) is 2. The number of ether oxygens (including phenoxy) is 1. The van der Waals surface area contributed by atoms with Gasteiger partial charge in [-0.05, 0) is 24.0 Å². The lowest BCUT2D eigenvalue weighted by molar-refractivity contribution is -0.138. The van der Waals surface area contributed by atoms with Crippen LogP contribution in [-0.2, 0) is 11.9 Å². The van der Waals surface area contributed by atoms with Crippen LogP contribution in [0.2, 0.25) is 0 Å². The fourth-order valence-electron chi connectivity index (χ4n) is 1.23. The van der Waals surface area contributed by atoms with Crippen LogP contribution in [0.4, 0.5) is 13.2 Å². The molecule has 0 saturated heterocycles. The molecule has 1 rings (SSSR count). The van der Waals surface area contributed by atoms with E-state index in [2.05, 4.69) is 4.74 Å². The fraction of sp³-hybridized carbons (Fsp3) is 0.400. The maximum atomic E-state index is 12.6. The van der Waals surface area contributed by atoms with Crippen LogP contribution < -0.4 is 4.74 Å². The summed E-state index contributed by atoms with van der Waals surface area (Å²) < 4.78 is 42.4. The van der Waals surface area contributed by atoms with Gasteiger partial charge in [0.05, 0.1) is 12.7 Å². The SMILES string of the molecule is COc1ccc(CSC)cc1C(F)(F)F. The lowest BCUT2D eigenvalue weighted by Gasteiger charge is -2.13. The zero-order valence-electron chi connectivity index (χ0n) is 8.39. The van der Waals surface area contributed by atoms with Crippen molar-refractivity contribution in [3.63, 3.8) is 0 Å². The summed E-state index contributed by atoms with van der Waals surface area (Å²) in [4.78, 5) is 0. The van der Waals surface area contributed by atoms with Gasteiger partial charge < -0.3 is 4.74 Å². The van der Waals surface area contributed by atoms with Gasteiger partial charge in [0.2, 0.25) is 0 Å². The summed E-state index contributed by atoms with van der Waals surface area (Å²) >= 11 is 1.48. The molecule has 1 nitrogen and oxygen atoms in total. The molecule has 0 aliphatic rings. The third kappa shape index (κ3) is 3.06. The first-order valence-corrected chi connectivity index (χ1v) is 5.61. The first-order chi connectivity index (χ1) is 6.99. The Morgan fingerprint density at radius 2 is 2.00 bits per heavy atom. The lowest BCUT2D eigenvalue weighted by Crippen LogP contribution is -2.08. The summed E-state index contributed by atoms with van der Waals surface area (Å²) in [6, 6.07) is 4.13. The van der Waals surface area contributed by atoms with Crippen molar-refractivity contribution in [2.24, 2.45) is 0 Å². The number of benzene rings is 1. The summed E-state index contributed by atoms with van der Waals surface area (Å²) in [5.74, 6) is 0.430. The molecule has 0 radical (unpaired) electrons. The minimum absolute atomic E-state index is 0.132. The van der Waals surface area contributed by atoms with Gasteiger partial charge in [0.15, 0.2) is 0 Å². The van der Waals surface area contributed by atoms with Crippen LogP contribution in [0.25, 0.3) is 0 Å². The second-order valence-corrected chi connectivity index (χ2v) is 3.83. The minimum atomic E-state index is -4.36. The summed E-state index contributed by atoms with van der Waals surface area (Å²) in [5.41, 5.74) is -0.0628. The molecular formula is C10H11F3OS. The van der Waals surface area contributed by atoms with E-state index in [1.807, 2.05) is 6.26 Å². The minimum Gasteiger partial charge on any atom is -0.496 e. The highest BCUT2D eigenvalue weighted by atomic mass is 32.2. The van der Waals surface area contributed by atoms with E-state index in [0.717, 1.165) is 6.07 Å². The molecule has 0 bridgehead atoms. The number of alkyl halides is 3. The second-order valence-electron chi connectivity index (χ2n) is 2.97. The molecular weight excluding hydrogens is 225 g/mol. The van der Waals surface area contributed by atoms with Crippen molar-refractivity contribution in [2.45, 2.75) is 11.9 Å². The van der Waals surface area contributed by atoms with Gasteiger partial charge in [-0.3, -0.25) is 0 Å². The number of hydrogen-bond donors (Lipinski definition) is 0. The van der Waals surface area contributed by atoms with E-state index in [0.29, 0.717) is 11.3 Å². The van der Waals surface area contributed by atoms with Gasteiger partial charge in [0.1, 0.15) is 5.75 Å². The van der Waals surface area contributed by atoms with Crippen LogP contribution in [0, 0.1) is 0 Å². The zero-order valence-corrected chi connectivity index (χ0v) is 9.21. The molecule has 0 atom stereocenters. The van der Waals surface area contributed by atoms with Crippen molar-refractivity contribution in [3.8, 4) is 5.75 Å². The molecule has 0 aliphatic heterocycles. The third-order valence-corrected chi connectivity index (χ3v) is 2.50. The average Bonchev–Trinajstić information content (AvgIpc) is 2.17. The molecule has 0 fully saturated rings. The van der Waals surface area contributed by atoms with Crippen LogP contribution in [-0.4, -0.2) is 13.4 Å². The molecule has 1 aromatic rings. The highest BCUT2D eigenvalue weighted by Crippen LogP contribution is 2.37. The Labute approximate surface area is 90.6 Å². The largest absolute Gasteiger partial charge is 0.496 e. The van der Waals surface area contributed by atoms with Crippen molar-refractivity contribution in [1.29, 1.82) is 0 Å². The van der Waals surface area contributed by atoms with E-state index in [9.17, 15) is 13.2 Å². The summed E-state index contributed by atoms with van der Waals surface area (Å²) in [6.45, 7) is 0. The topological polar surface area (TPSA) is 9.23 Å². The lowest BCUT2D eigenvalue weighted by atomic mass is 10.1. The van der Waals surface area contributed by atoms with E-state index >= 15 is 0 Å². The van der Waals surface area contributed by atoms with Crippen molar-refractivity contribution >= 4 is 11.8 Å². The van der Waals surface area contributed by atoms with Gasteiger partial charge in [0.25, 0.3) is 0 Å². The maximum Gasteiger partial charge on any atom is 0.419 e. The predicted octanol–water partition coefficient (Wildman–Crippen LogP) is 3.58. The number of thioether (sulfide) groups is 1. The smallest absolute Gasteiger partial charge is 0.419 e. The first kappa shape index (κ1) is 12.2. The van der Waals surface area contributed by atoms with Crippen molar-refractivity contribution in [3.05, 3.63) is 29.3 Å². The Kier molecular flexibility index (Phi) is 3.90. The van der Waals surface area contributed by atoms with Crippen molar-refractivity contribution in [1.82, 2.24) is 0 Å². The Morgan fingerprint density at radius 3 is 2.47 bits per heavy atom. The third-order valence-electron chi connectivity index (χ3n) is 1.88. The number of halogens is 3. The molecule has 0 spiro atoms. The molecule has 15 heavy (non-hydrogen) atoms. The molecule has 5 heteroatoms. The van der Waals surface area contributed by atoms with Gasteiger partial charge in [-0.15, -0.1) is 0 Å². The van der Waals surface area contributed by atoms with E-state index in [-0.39, 0.29) is 5.75 Å². The van der Waals surface area contributed by atoms with Crippen LogP contribution in [0.15, 0.2) is 18.2 Å². The molecule has 0 aliphatic carbocycles. The van der Waals surface area contributed by atoms with Gasteiger partial charge >= 0.3 is 6.18 Å². The van der Waals surface area contributed by atoms with Gasteiger partial charge in [-0.2, -0.15) is 24.9 Å². The molecule has 0 aromatic heterocycles. The normalized spacial score (nSPS) is 11.5. The average molecular weight is 236 g/mol. The quantitative estimate of drug-likeness (QED) is 0.793. The van der Waals surface area contributed by atoms with Crippen LogP contribution in [0.3, 0.4) is 0 Å². The molecule has 0 N–H and O–H groups in total. The Bertz CT molecular complexity index is 336. The summed E-state index contributed by atoms with van der Waals surface area (Å²) in [7, 11) is 1.23. The molecule has 0 heterocycles. The number of rotatable bonds is 3. The molecule has 0 amide bonds. The van der Waals surface area contributed by atoms with E-state index < -0.39 is 11.7 Å². The monoisotopic (exact) mass is 236 g/mol. The predicted molar refractivity (Wildman–Crippen MR) is 55.2 cm³/mol. The summed E-state index contributed by atoms with van der Waals surface area (Å²) in [5, 5.41) is 0. The van der Waals surface area contributed by atoms with Crippen LogP contribution >= 0.6 is 11.8 Å². The molecule has 0 saturated carbocycles. The van der Waals surface area contributed by atoms with E-state index in [4.69, 9.17) is 0 Å². The van der Waals surface area contributed by atoms with Gasteiger partial charge in [-0.25, -0.2) is 0 Å². The highest BCUT2D eigenvalue weighted by Gasteiger charge is 2.34. The van der Waals surface area contributed by atoms with Gasteiger partial charge in [-0.1, -0.05) is 6.07 Å². The second kappa shape index (κ2) is 4.79. The van der Waals surface area contributed by atoms with Crippen LogP contribution in [0.1, 0.15) is 11.1 Å². The standard InChI is InChI=1S/C10H11F3OS/c1-14-9-4-3-7(6-15-2)5-8(9)10(11,12)13/h3-5H,6H2,1-2H3.